The second-order valence-electron chi connectivity index (χ2n) is 8.38. The van der Waals surface area contributed by atoms with Gasteiger partial charge in [-0.1, -0.05) is 42.5 Å². The van der Waals surface area contributed by atoms with E-state index < -0.39 is 0 Å². The Morgan fingerprint density at radius 2 is 1.77 bits per heavy atom. The van der Waals surface area contributed by atoms with E-state index in [9.17, 15) is 14.7 Å². The van der Waals surface area contributed by atoms with Gasteiger partial charge in [0.2, 0.25) is 0 Å². The molecule has 0 radical (unpaired) electrons. The number of esters is 1. The van der Waals surface area contributed by atoms with Gasteiger partial charge in [0.05, 0.1) is 24.8 Å². The van der Waals surface area contributed by atoms with Crippen LogP contribution in [-0.2, 0) is 16.1 Å². The summed E-state index contributed by atoms with van der Waals surface area (Å²) < 4.78 is 10.4. The van der Waals surface area contributed by atoms with Crippen molar-refractivity contribution in [2.24, 2.45) is 5.41 Å². The van der Waals surface area contributed by atoms with E-state index in [1.165, 1.54) is 7.11 Å². The highest BCUT2D eigenvalue weighted by Crippen LogP contribution is 2.54. The normalized spacial score (nSPS) is 25.5. The van der Waals surface area contributed by atoms with E-state index in [-0.39, 0.29) is 36.2 Å². The molecule has 1 N–H and O–H groups in total. The van der Waals surface area contributed by atoms with Crippen molar-refractivity contribution < 1.29 is 24.2 Å². The molecule has 6 nitrogen and oxygen atoms in total. The summed E-state index contributed by atoms with van der Waals surface area (Å²) in [7, 11) is 1.35. The smallest absolute Gasteiger partial charge is 0.410 e. The number of benzene rings is 2. The number of nitrogens with zero attached hydrogens (tertiary/aromatic N) is 1. The highest BCUT2D eigenvalue weighted by Gasteiger charge is 2.49. The van der Waals surface area contributed by atoms with Gasteiger partial charge in [0.1, 0.15) is 6.61 Å². The van der Waals surface area contributed by atoms with Gasteiger partial charge in [0.25, 0.3) is 0 Å². The van der Waals surface area contributed by atoms with Crippen LogP contribution < -0.4 is 0 Å². The van der Waals surface area contributed by atoms with Gasteiger partial charge in [0.15, 0.2) is 0 Å². The highest BCUT2D eigenvalue weighted by molar-refractivity contribution is 5.89. The molecule has 1 aliphatic carbocycles. The van der Waals surface area contributed by atoms with E-state index in [4.69, 9.17) is 9.47 Å². The van der Waals surface area contributed by atoms with E-state index in [0.29, 0.717) is 12.1 Å². The number of ether oxygens (including phenoxy) is 2. The molecular weight excluding hydrogens is 382 g/mol. The van der Waals surface area contributed by atoms with E-state index in [0.717, 1.165) is 36.8 Å². The van der Waals surface area contributed by atoms with E-state index in [1.54, 1.807) is 17.0 Å². The number of rotatable bonds is 4. The first-order chi connectivity index (χ1) is 14.5. The predicted molar refractivity (Wildman–Crippen MR) is 111 cm³/mol. The molecule has 1 saturated heterocycles. The number of aliphatic hydroxyl groups is 1. The number of hydrogen-bond acceptors (Lipinski definition) is 5. The molecule has 1 spiro atoms. The lowest BCUT2D eigenvalue weighted by molar-refractivity contribution is -0.0825. The van der Waals surface area contributed by atoms with E-state index >= 15 is 0 Å². The van der Waals surface area contributed by atoms with Crippen LogP contribution >= 0.6 is 0 Å². The monoisotopic (exact) mass is 409 g/mol. The van der Waals surface area contributed by atoms with Gasteiger partial charge in [-0.2, -0.15) is 0 Å². The summed E-state index contributed by atoms with van der Waals surface area (Å²) in [6, 6.07) is 16.7. The number of aliphatic hydroxyl groups excluding tert-OH is 1. The number of carbonyl (C=O) groups excluding carboxylic acids is 2. The number of hydrogen-bond donors (Lipinski definition) is 1. The lowest BCUT2D eigenvalue weighted by atomic mass is 9.59. The fourth-order valence-electron chi connectivity index (χ4n) is 4.72. The van der Waals surface area contributed by atoms with Gasteiger partial charge >= 0.3 is 12.1 Å². The number of amides is 1. The number of piperidine rings is 1. The molecular formula is C24H27NO5. The zero-order chi connectivity index (χ0) is 21.1. The summed E-state index contributed by atoms with van der Waals surface area (Å²) in [6.07, 6.45) is 2.61. The Morgan fingerprint density at radius 1 is 1.07 bits per heavy atom. The van der Waals surface area contributed by atoms with Crippen molar-refractivity contribution in [2.75, 3.05) is 13.7 Å². The maximum absolute atomic E-state index is 12.9. The standard InChI is InChI=1S/C24H27NO5/c1-29-22(27)19-9-7-18(8-10-19)21-15-24(13-20(26)14-24)11-12-25(21)23(28)30-16-17-5-3-2-4-6-17/h2-10,20-21,26H,11-16H2,1H3. The summed E-state index contributed by atoms with van der Waals surface area (Å²) in [5, 5.41) is 9.88. The molecule has 0 aromatic heterocycles. The first-order valence-electron chi connectivity index (χ1n) is 10.3. The zero-order valence-electron chi connectivity index (χ0n) is 17.1. The van der Waals surface area contributed by atoms with Gasteiger partial charge in [-0.15, -0.1) is 0 Å². The fraction of sp³-hybridized carbons (Fsp3) is 0.417. The first-order valence-corrected chi connectivity index (χ1v) is 10.3. The first kappa shape index (κ1) is 20.4. The molecule has 4 rings (SSSR count). The molecule has 30 heavy (non-hydrogen) atoms. The van der Waals surface area contributed by atoms with Crippen LogP contribution in [0.1, 0.15) is 53.2 Å². The van der Waals surface area contributed by atoms with Crippen LogP contribution in [0.4, 0.5) is 4.79 Å². The molecule has 2 aromatic rings. The molecule has 1 unspecified atom stereocenters. The molecule has 1 amide bonds. The Hall–Kier alpha value is -2.86. The quantitative estimate of drug-likeness (QED) is 0.770. The van der Waals surface area contributed by atoms with Crippen LogP contribution in [0.3, 0.4) is 0 Å². The molecule has 2 aliphatic rings. The second kappa shape index (κ2) is 8.48. The van der Waals surface area contributed by atoms with Crippen molar-refractivity contribution in [3.8, 4) is 0 Å². The maximum atomic E-state index is 12.9. The van der Waals surface area contributed by atoms with E-state index in [2.05, 4.69) is 0 Å². The van der Waals surface area contributed by atoms with Crippen molar-refractivity contribution in [3.63, 3.8) is 0 Å². The lowest BCUT2D eigenvalue weighted by Crippen LogP contribution is -2.51. The molecule has 2 fully saturated rings. The van der Waals surface area contributed by atoms with Crippen LogP contribution in [0.2, 0.25) is 0 Å². The zero-order valence-corrected chi connectivity index (χ0v) is 17.1. The Balaban J connectivity index is 1.52. The van der Waals surface area contributed by atoms with Gasteiger partial charge in [0, 0.05) is 6.54 Å². The van der Waals surface area contributed by atoms with Crippen LogP contribution in [0, 0.1) is 5.41 Å². The summed E-state index contributed by atoms with van der Waals surface area (Å²) in [6.45, 7) is 0.817. The van der Waals surface area contributed by atoms with Gasteiger partial charge in [-0.05, 0) is 54.4 Å². The molecule has 158 valence electrons. The third kappa shape index (κ3) is 4.19. The minimum atomic E-state index is -0.386. The van der Waals surface area contributed by atoms with Crippen LogP contribution in [0.5, 0.6) is 0 Å². The van der Waals surface area contributed by atoms with Crippen LogP contribution in [-0.4, -0.2) is 41.8 Å². The van der Waals surface area contributed by atoms with Crippen molar-refractivity contribution in [1.82, 2.24) is 4.90 Å². The second-order valence-corrected chi connectivity index (χ2v) is 8.38. The molecule has 1 atom stereocenters. The van der Waals surface area contributed by atoms with Crippen LogP contribution in [0.15, 0.2) is 54.6 Å². The van der Waals surface area contributed by atoms with Gasteiger partial charge in [-0.3, -0.25) is 0 Å². The van der Waals surface area contributed by atoms with E-state index in [1.807, 2.05) is 42.5 Å². The number of likely N-dealkylation sites (tertiary alicyclic amines) is 1. The Morgan fingerprint density at radius 3 is 2.40 bits per heavy atom. The lowest BCUT2D eigenvalue weighted by Gasteiger charge is -2.53. The number of carbonyl (C=O) groups is 2. The Bertz CT molecular complexity index is 890. The summed E-state index contributed by atoms with van der Waals surface area (Å²) in [5.74, 6) is -0.386. The van der Waals surface area contributed by atoms with Crippen molar-refractivity contribution in [2.45, 2.75) is 44.4 Å². The fourth-order valence-corrected chi connectivity index (χ4v) is 4.72. The van der Waals surface area contributed by atoms with Crippen LogP contribution in [0.25, 0.3) is 0 Å². The third-order valence-electron chi connectivity index (χ3n) is 6.38. The molecule has 2 aromatic carbocycles. The summed E-state index contributed by atoms with van der Waals surface area (Å²) in [4.78, 5) is 26.5. The van der Waals surface area contributed by atoms with Crippen molar-refractivity contribution in [1.29, 1.82) is 0 Å². The van der Waals surface area contributed by atoms with Crippen molar-refractivity contribution in [3.05, 3.63) is 71.3 Å². The molecule has 1 saturated carbocycles. The number of methoxy groups -OCH3 is 1. The molecule has 1 aliphatic heterocycles. The van der Waals surface area contributed by atoms with Crippen molar-refractivity contribution >= 4 is 12.1 Å². The topological polar surface area (TPSA) is 76.1 Å². The highest BCUT2D eigenvalue weighted by atomic mass is 16.6. The summed E-state index contributed by atoms with van der Waals surface area (Å²) in [5.41, 5.74) is 2.45. The average molecular weight is 409 g/mol. The average Bonchev–Trinajstić information content (AvgIpc) is 2.77. The minimum Gasteiger partial charge on any atom is -0.465 e. The van der Waals surface area contributed by atoms with Gasteiger partial charge in [-0.25, -0.2) is 9.59 Å². The largest absolute Gasteiger partial charge is 0.465 e. The molecule has 0 bridgehead atoms. The Kier molecular flexibility index (Phi) is 5.77. The molecule has 6 heteroatoms. The predicted octanol–water partition coefficient (Wildman–Crippen LogP) is 4.09. The third-order valence-corrected chi connectivity index (χ3v) is 6.38. The molecule has 1 heterocycles. The summed E-state index contributed by atoms with van der Waals surface area (Å²) >= 11 is 0. The SMILES string of the molecule is COC(=O)c1ccc(C2CC3(CCN2C(=O)OCc2ccccc2)CC(O)C3)cc1. The minimum absolute atomic E-state index is 0.0707. The van der Waals surface area contributed by atoms with Gasteiger partial charge < -0.3 is 19.5 Å². The maximum Gasteiger partial charge on any atom is 0.410 e. The Labute approximate surface area is 176 Å².